The maximum atomic E-state index is 10.8. The van der Waals surface area contributed by atoms with E-state index in [2.05, 4.69) is 67.7 Å². The minimum Gasteiger partial charge on any atom is -0.414 e. The zero-order valence-electron chi connectivity index (χ0n) is 18.2. The number of aliphatic hydroxyl groups is 3. The van der Waals surface area contributed by atoms with Gasteiger partial charge in [-0.15, -0.1) is 0 Å². The highest BCUT2D eigenvalue weighted by atomic mass is 28.4. The summed E-state index contributed by atoms with van der Waals surface area (Å²) in [6.07, 6.45) is -5.39. The normalized spacial score (nSPS) is 32.0. The van der Waals surface area contributed by atoms with Crippen LogP contribution >= 0.6 is 0 Å². The van der Waals surface area contributed by atoms with E-state index in [1.54, 1.807) is 0 Å². The number of ether oxygens (including phenoxy) is 1. The van der Waals surface area contributed by atoms with Crippen molar-refractivity contribution in [3.63, 3.8) is 0 Å². The molecule has 3 N–H and O–H groups in total. The molecule has 0 aromatic heterocycles. The average Bonchev–Trinajstić information content (AvgIpc) is 2.43. The van der Waals surface area contributed by atoms with E-state index in [9.17, 15) is 15.3 Å². The van der Waals surface area contributed by atoms with E-state index in [-0.39, 0.29) is 16.7 Å². The molecule has 1 fully saturated rings. The average molecular weight is 409 g/mol. The van der Waals surface area contributed by atoms with E-state index in [4.69, 9.17) is 13.6 Å². The lowest BCUT2D eigenvalue weighted by atomic mass is 9.99. The molecular weight excluding hydrogens is 368 g/mol. The molecule has 0 aromatic rings. The molecule has 1 rings (SSSR count). The Morgan fingerprint density at radius 1 is 0.808 bits per heavy atom. The second-order valence-corrected chi connectivity index (χ2v) is 20.0. The highest BCUT2D eigenvalue weighted by Crippen LogP contribution is 2.40. The van der Waals surface area contributed by atoms with Crippen LogP contribution in [0.2, 0.25) is 36.3 Å². The Labute approximate surface area is 161 Å². The fourth-order valence-corrected chi connectivity index (χ4v) is 4.54. The monoisotopic (exact) mass is 408 g/mol. The summed E-state index contributed by atoms with van der Waals surface area (Å²) >= 11 is 0. The van der Waals surface area contributed by atoms with Gasteiger partial charge in [-0.2, -0.15) is 0 Å². The lowest BCUT2D eigenvalue weighted by Crippen LogP contribution is -2.63. The van der Waals surface area contributed by atoms with Crippen LogP contribution in [0.25, 0.3) is 0 Å². The van der Waals surface area contributed by atoms with Crippen LogP contribution in [-0.4, -0.2) is 69.3 Å². The molecule has 26 heavy (non-hydrogen) atoms. The van der Waals surface area contributed by atoms with Crippen LogP contribution in [0.5, 0.6) is 0 Å². The molecule has 156 valence electrons. The molecule has 1 aliphatic rings. The smallest absolute Gasteiger partial charge is 0.192 e. The van der Waals surface area contributed by atoms with Crippen LogP contribution < -0.4 is 0 Å². The number of aliphatic hydroxyl groups excluding tert-OH is 3. The largest absolute Gasteiger partial charge is 0.414 e. The van der Waals surface area contributed by atoms with Crippen LogP contribution in [0.15, 0.2) is 0 Å². The summed E-state index contributed by atoms with van der Waals surface area (Å²) in [6, 6.07) is 0. The SMILES string of the molecule is CC(C)(C)[Si](C)(C)OC[C@H]1O[C@@H](O)[C@H](O)[C@@H](O[Si](C)(C)C(C)(C)C)[C@H]1O. The molecule has 0 amide bonds. The van der Waals surface area contributed by atoms with E-state index in [1.807, 2.05) is 0 Å². The maximum absolute atomic E-state index is 10.8. The van der Waals surface area contributed by atoms with E-state index >= 15 is 0 Å². The molecule has 0 aromatic carbocycles. The minimum absolute atomic E-state index is 0.0296. The third kappa shape index (κ3) is 5.38. The zero-order valence-corrected chi connectivity index (χ0v) is 20.2. The van der Waals surface area contributed by atoms with Crippen LogP contribution in [0.1, 0.15) is 41.5 Å². The van der Waals surface area contributed by atoms with Gasteiger partial charge >= 0.3 is 0 Å². The van der Waals surface area contributed by atoms with Crippen molar-refractivity contribution in [2.75, 3.05) is 6.61 Å². The van der Waals surface area contributed by atoms with Gasteiger partial charge in [0.1, 0.15) is 24.4 Å². The first-order valence-electron chi connectivity index (χ1n) is 9.42. The van der Waals surface area contributed by atoms with Gasteiger partial charge in [-0.25, -0.2) is 0 Å². The molecule has 0 spiro atoms. The lowest BCUT2D eigenvalue weighted by Gasteiger charge is -2.47. The summed E-state index contributed by atoms with van der Waals surface area (Å²) < 4.78 is 17.8. The first-order valence-corrected chi connectivity index (χ1v) is 15.2. The Morgan fingerprint density at radius 3 is 1.69 bits per heavy atom. The Hall–Kier alpha value is 0.194. The van der Waals surface area contributed by atoms with Gasteiger partial charge in [0.25, 0.3) is 0 Å². The van der Waals surface area contributed by atoms with Gasteiger partial charge in [-0.05, 0) is 36.3 Å². The van der Waals surface area contributed by atoms with Gasteiger partial charge in [-0.3, -0.25) is 0 Å². The molecule has 8 heteroatoms. The van der Waals surface area contributed by atoms with Crippen LogP contribution in [0.4, 0.5) is 0 Å². The fourth-order valence-electron chi connectivity index (χ4n) is 2.22. The zero-order chi connectivity index (χ0) is 20.7. The minimum atomic E-state index is -2.24. The van der Waals surface area contributed by atoms with Crippen molar-refractivity contribution in [3.05, 3.63) is 0 Å². The van der Waals surface area contributed by atoms with Crippen LogP contribution in [0.3, 0.4) is 0 Å². The topological polar surface area (TPSA) is 88.4 Å². The number of hydrogen-bond acceptors (Lipinski definition) is 6. The van der Waals surface area contributed by atoms with E-state index in [1.165, 1.54) is 0 Å². The van der Waals surface area contributed by atoms with Gasteiger partial charge in [-0.1, -0.05) is 41.5 Å². The van der Waals surface area contributed by atoms with Crippen molar-refractivity contribution in [1.29, 1.82) is 0 Å². The summed E-state index contributed by atoms with van der Waals surface area (Å²) in [6.45, 7) is 21.2. The van der Waals surface area contributed by atoms with Gasteiger partial charge < -0.3 is 28.9 Å². The van der Waals surface area contributed by atoms with Crippen molar-refractivity contribution in [2.24, 2.45) is 0 Å². The Morgan fingerprint density at radius 2 is 1.27 bits per heavy atom. The summed E-state index contributed by atoms with van der Waals surface area (Å²) in [5, 5.41) is 31.2. The van der Waals surface area contributed by atoms with Crippen molar-refractivity contribution < 1.29 is 28.9 Å². The second-order valence-electron chi connectivity index (χ2n) is 10.5. The van der Waals surface area contributed by atoms with Crippen molar-refractivity contribution in [3.8, 4) is 0 Å². The van der Waals surface area contributed by atoms with E-state index in [0.717, 1.165) is 0 Å². The molecule has 1 saturated heterocycles. The second kappa shape index (κ2) is 7.90. The Kier molecular flexibility index (Phi) is 7.37. The molecule has 1 aliphatic heterocycles. The first kappa shape index (κ1) is 24.2. The standard InChI is InChI=1S/C18H40O6Si2/c1-17(2,3)25(7,8)22-11-12-13(19)15(14(20)16(21)23-12)24-26(9,10)18(4,5)6/h12-16,19-21H,11H2,1-10H3/t12-,13+,14-,15+,16-/m1/s1. The highest BCUT2D eigenvalue weighted by molar-refractivity contribution is 6.74. The summed E-state index contributed by atoms with van der Waals surface area (Å²) in [5.74, 6) is 0. The number of hydrogen-bond donors (Lipinski definition) is 3. The summed E-state index contributed by atoms with van der Waals surface area (Å²) in [5.41, 5.74) is 0. The van der Waals surface area contributed by atoms with E-state index < -0.39 is 47.3 Å². The fraction of sp³-hybridized carbons (Fsp3) is 1.00. The molecule has 6 nitrogen and oxygen atoms in total. The molecule has 0 aliphatic carbocycles. The number of rotatable bonds is 5. The van der Waals surface area contributed by atoms with Crippen LogP contribution in [-0.2, 0) is 13.6 Å². The third-order valence-electron chi connectivity index (χ3n) is 6.31. The molecule has 0 unspecified atom stereocenters. The highest BCUT2D eigenvalue weighted by Gasteiger charge is 2.50. The molecule has 0 saturated carbocycles. The predicted molar refractivity (Wildman–Crippen MR) is 108 cm³/mol. The van der Waals surface area contributed by atoms with Crippen molar-refractivity contribution in [2.45, 2.75) is 109 Å². The first-order chi connectivity index (χ1) is 11.4. The van der Waals surface area contributed by atoms with E-state index in [0.29, 0.717) is 0 Å². The molecule has 0 bridgehead atoms. The van der Waals surface area contributed by atoms with Gasteiger partial charge in [0.05, 0.1) is 6.61 Å². The van der Waals surface area contributed by atoms with Crippen molar-refractivity contribution in [1.82, 2.24) is 0 Å². The summed E-state index contributed by atoms with van der Waals surface area (Å²) in [7, 11) is -4.27. The van der Waals surface area contributed by atoms with Crippen LogP contribution in [0, 0.1) is 0 Å². The molecule has 5 atom stereocenters. The molecule has 0 radical (unpaired) electrons. The van der Waals surface area contributed by atoms with Gasteiger partial charge in [0.15, 0.2) is 22.9 Å². The maximum Gasteiger partial charge on any atom is 0.192 e. The lowest BCUT2D eigenvalue weighted by molar-refractivity contribution is -0.282. The van der Waals surface area contributed by atoms with Gasteiger partial charge in [0.2, 0.25) is 0 Å². The summed E-state index contributed by atoms with van der Waals surface area (Å²) in [4.78, 5) is 0. The third-order valence-corrected chi connectivity index (χ3v) is 15.3. The molecular formula is C18H40O6Si2. The Balaban J connectivity index is 2.92. The quantitative estimate of drug-likeness (QED) is 0.606. The Bertz CT molecular complexity index is 469. The van der Waals surface area contributed by atoms with Crippen molar-refractivity contribution >= 4 is 16.6 Å². The molecule has 1 heterocycles. The van der Waals surface area contributed by atoms with Gasteiger partial charge in [0, 0.05) is 0 Å². The predicted octanol–water partition coefficient (Wildman–Crippen LogP) is 2.84.